The van der Waals surface area contributed by atoms with Crippen molar-refractivity contribution in [1.82, 2.24) is 16.0 Å². The van der Waals surface area contributed by atoms with Gasteiger partial charge in [0.25, 0.3) is 0 Å². The summed E-state index contributed by atoms with van der Waals surface area (Å²) in [6.45, 7) is 4.16. The first-order valence-corrected chi connectivity index (χ1v) is 12.8. The molecule has 3 amide bonds. The maximum absolute atomic E-state index is 13.0. The number of carbonyl (C=O) groups excluding carboxylic acids is 3. The van der Waals surface area contributed by atoms with Crippen LogP contribution in [0.5, 0.6) is 0 Å². The SMILES string of the molecule is CCC(C)C(NC(=O)C(CCSC)NC(=O)C(N)CCCCN)C(=O)NC(CS)C(=O)O. The number of rotatable bonds is 17. The van der Waals surface area contributed by atoms with Crippen molar-refractivity contribution in [2.45, 2.75) is 70.1 Å². The molecule has 12 heteroatoms. The highest BCUT2D eigenvalue weighted by atomic mass is 32.2. The van der Waals surface area contributed by atoms with Crippen molar-refractivity contribution in [3.05, 3.63) is 0 Å². The highest BCUT2D eigenvalue weighted by Crippen LogP contribution is 2.11. The fraction of sp³-hybridized carbons (Fsp3) is 0.800. The number of carbonyl (C=O) groups is 4. The molecule has 186 valence electrons. The van der Waals surface area contributed by atoms with Gasteiger partial charge in [-0.1, -0.05) is 26.7 Å². The number of carboxylic acid groups (broad SMARTS) is 1. The average Bonchev–Trinajstić information content (AvgIpc) is 2.77. The van der Waals surface area contributed by atoms with E-state index in [4.69, 9.17) is 11.5 Å². The summed E-state index contributed by atoms with van der Waals surface area (Å²) in [5.74, 6) is -2.51. The van der Waals surface area contributed by atoms with Crippen molar-refractivity contribution in [3.8, 4) is 0 Å². The molecule has 0 aromatic rings. The van der Waals surface area contributed by atoms with Crippen LogP contribution < -0.4 is 27.4 Å². The van der Waals surface area contributed by atoms with Crippen LogP contribution in [-0.4, -0.2) is 77.3 Å². The number of carboxylic acids is 1. The Bertz CT molecular complexity index is 611. The molecule has 0 spiro atoms. The van der Waals surface area contributed by atoms with Crippen molar-refractivity contribution in [2.75, 3.05) is 24.3 Å². The van der Waals surface area contributed by atoms with Crippen molar-refractivity contribution < 1.29 is 24.3 Å². The lowest BCUT2D eigenvalue weighted by Gasteiger charge is -2.28. The molecule has 0 aliphatic rings. The molecule has 0 aromatic heterocycles. The Morgan fingerprint density at radius 2 is 1.62 bits per heavy atom. The zero-order valence-corrected chi connectivity index (χ0v) is 20.8. The van der Waals surface area contributed by atoms with Crippen LogP contribution in [0.15, 0.2) is 0 Å². The number of thiol groups is 1. The van der Waals surface area contributed by atoms with E-state index in [-0.39, 0.29) is 11.7 Å². The normalized spacial score (nSPS) is 15.7. The molecule has 5 atom stereocenters. The Morgan fingerprint density at radius 1 is 1.00 bits per heavy atom. The fourth-order valence-corrected chi connectivity index (χ4v) is 3.54. The first-order valence-electron chi connectivity index (χ1n) is 10.8. The lowest BCUT2D eigenvalue weighted by molar-refractivity contribution is -0.142. The lowest BCUT2D eigenvalue weighted by Crippen LogP contribution is -2.59. The molecule has 0 rings (SSSR count). The third-order valence-electron chi connectivity index (χ3n) is 5.14. The zero-order valence-electron chi connectivity index (χ0n) is 19.1. The Balaban J connectivity index is 5.33. The van der Waals surface area contributed by atoms with E-state index in [0.717, 1.165) is 6.42 Å². The van der Waals surface area contributed by atoms with Crippen LogP contribution in [0.25, 0.3) is 0 Å². The van der Waals surface area contributed by atoms with Crippen LogP contribution in [0.4, 0.5) is 0 Å². The van der Waals surface area contributed by atoms with E-state index in [1.807, 2.05) is 13.2 Å². The van der Waals surface area contributed by atoms with Gasteiger partial charge < -0.3 is 32.5 Å². The lowest BCUT2D eigenvalue weighted by atomic mass is 9.97. The molecule has 0 saturated carbocycles. The predicted octanol–water partition coefficient (Wildman–Crippen LogP) is -0.289. The standard InChI is InChI=1S/C20H39N5O5S2/c1-4-12(2)16(19(28)24-15(11-31)20(29)30)25-18(27)14(8-10-32-3)23-17(26)13(22)7-5-6-9-21/h12-16,31H,4-11,21-22H2,1-3H3,(H,23,26)(H,24,28)(H,25,27)(H,29,30). The Morgan fingerprint density at radius 3 is 2.12 bits per heavy atom. The fourth-order valence-electron chi connectivity index (χ4n) is 2.83. The molecule has 5 unspecified atom stereocenters. The first kappa shape index (κ1) is 30.5. The molecule has 0 fully saturated rings. The van der Waals surface area contributed by atoms with E-state index < -0.39 is 47.9 Å². The third-order valence-corrected chi connectivity index (χ3v) is 6.15. The summed E-state index contributed by atoms with van der Waals surface area (Å²) < 4.78 is 0. The van der Waals surface area contributed by atoms with Gasteiger partial charge in [0, 0.05) is 5.75 Å². The molecule has 10 nitrogen and oxygen atoms in total. The van der Waals surface area contributed by atoms with E-state index in [1.54, 1.807) is 6.92 Å². The number of hydrogen-bond acceptors (Lipinski definition) is 8. The molecule has 0 bridgehead atoms. The van der Waals surface area contributed by atoms with Gasteiger partial charge in [-0.2, -0.15) is 24.4 Å². The monoisotopic (exact) mass is 493 g/mol. The Labute approximate surface area is 200 Å². The minimum absolute atomic E-state index is 0.0866. The molecule has 0 radical (unpaired) electrons. The van der Waals surface area contributed by atoms with Gasteiger partial charge >= 0.3 is 5.97 Å². The Hall–Kier alpha value is -1.50. The van der Waals surface area contributed by atoms with Crippen LogP contribution in [0, 0.1) is 5.92 Å². The summed E-state index contributed by atoms with van der Waals surface area (Å²) in [5.41, 5.74) is 11.4. The topological polar surface area (TPSA) is 177 Å². The van der Waals surface area contributed by atoms with Crippen LogP contribution in [0.1, 0.15) is 46.0 Å². The van der Waals surface area contributed by atoms with Gasteiger partial charge in [0.2, 0.25) is 17.7 Å². The second-order valence-electron chi connectivity index (χ2n) is 7.69. The largest absolute Gasteiger partial charge is 0.480 e. The summed E-state index contributed by atoms with van der Waals surface area (Å²) in [5, 5.41) is 17.0. The summed E-state index contributed by atoms with van der Waals surface area (Å²) in [7, 11) is 0. The van der Waals surface area contributed by atoms with Crippen LogP contribution in [0.3, 0.4) is 0 Å². The van der Waals surface area contributed by atoms with Crippen molar-refractivity contribution in [1.29, 1.82) is 0 Å². The minimum atomic E-state index is -1.21. The van der Waals surface area contributed by atoms with Crippen LogP contribution in [0.2, 0.25) is 0 Å². The number of thioether (sulfide) groups is 1. The number of aliphatic carboxylic acids is 1. The maximum atomic E-state index is 13.0. The van der Waals surface area contributed by atoms with Gasteiger partial charge in [-0.15, -0.1) is 0 Å². The molecule has 0 aliphatic carbocycles. The average molecular weight is 494 g/mol. The quantitative estimate of drug-likeness (QED) is 0.107. The minimum Gasteiger partial charge on any atom is -0.480 e. The first-order chi connectivity index (χ1) is 15.1. The van der Waals surface area contributed by atoms with Crippen molar-refractivity contribution >= 4 is 48.1 Å². The summed E-state index contributed by atoms with van der Waals surface area (Å²) in [6.07, 6.45) is 4.74. The molecule has 32 heavy (non-hydrogen) atoms. The van der Waals surface area contributed by atoms with Gasteiger partial charge in [0.1, 0.15) is 18.1 Å². The number of unbranched alkanes of at least 4 members (excludes halogenated alkanes) is 1. The zero-order chi connectivity index (χ0) is 24.7. The van der Waals surface area contributed by atoms with Crippen LogP contribution in [-0.2, 0) is 19.2 Å². The highest BCUT2D eigenvalue weighted by Gasteiger charge is 2.32. The van der Waals surface area contributed by atoms with E-state index in [9.17, 15) is 24.3 Å². The molecule has 0 heterocycles. The second-order valence-corrected chi connectivity index (χ2v) is 9.04. The number of amides is 3. The van der Waals surface area contributed by atoms with E-state index in [2.05, 4.69) is 28.6 Å². The molecule has 0 saturated heterocycles. The second kappa shape index (κ2) is 17.0. The molecule has 8 N–H and O–H groups in total. The predicted molar refractivity (Wildman–Crippen MR) is 131 cm³/mol. The van der Waals surface area contributed by atoms with Gasteiger partial charge in [-0.3, -0.25) is 14.4 Å². The molecule has 0 aromatic carbocycles. The van der Waals surface area contributed by atoms with E-state index >= 15 is 0 Å². The summed E-state index contributed by atoms with van der Waals surface area (Å²) in [4.78, 5) is 49.4. The van der Waals surface area contributed by atoms with Crippen LogP contribution >= 0.6 is 24.4 Å². The number of hydrogen-bond donors (Lipinski definition) is 7. The molecule has 0 aliphatic heterocycles. The smallest absolute Gasteiger partial charge is 0.327 e. The van der Waals surface area contributed by atoms with Gasteiger partial charge in [0.05, 0.1) is 6.04 Å². The summed E-state index contributed by atoms with van der Waals surface area (Å²) >= 11 is 5.47. The Kier molecular flexibility index (Phi) is 16.2. The number of nitrogens with two attached hydrogens (primary N) is 2. The number of nitrogens with one attached hydrogen (secondary N) is 3. The van der Waals surface area contributed by atoms with Gasteiger partial charge in [-0.25, -0.2) is 4.79 Å². The maximum Gasteiger partial charge on any atom is 0.327 e. The van der Waals surface area contributed by atoms with Gasteiger partial charge in [-0.05, 0) is 43.7 Å². The van der Waals surface area contributed by atoms with Gasteiger partial charge in [0.15, 0.2) is 0 Å². The van der Waals surface area contributed by atoms with Crippen molar-refractivity contribution in [3.63, 3.8) is 0 Å². The molecular formula is C20H39N5O5S2. The highest BCUT2D eigenvalue weighted by molar-refractivity contribution is 7.98. The third kappa shape index (κ3) is 11.4. The van der Waals surface area contributed by atoms with E-state index in [1.165, 1.54) is 11.8 Å². The molecular weight excluding hydrogens is 454 g/mol. The van der Waals surface area contributed by atoms with Crippen molar-refractivity contribution in [2.24, 2.45) is 17.4 Å². The summed E-state index contributed by atoms with van der Waals surface area (Å²) in [6, 6.07) is -3.75. The van der Waals surface area contributed by atoms with E-state index in [0.29, 0.717) is 38.0 Å².